The number of amides is 2. The van der Waals surface area contributed by atoms with Gasteiger partial charge in [0.2, 0.25) is 0 Å². The quantitative estimate of drug-likeness (QED) is 0.222. The number of ether oxygens (including phenoxy) is 2. The standard InChI is InChI=1S/C17H34N2O6Si/c1-5-12-21-14-15-22-13-11-19-17(20)18-10-9-16-26(23-6-2,24-7-3)25-8-4/h1H,6-16H2,2-4H3,(H2,18,19,20). The average Bonchev–Trinajstić information content (AvgIpc) is 2.62. The van der Waals surface area contributed by atoms with E-state index in [0.29, 0.717) is 58.8 Å². The minimum atomic E-state index is -2.63. The molecule has 0 aliphatic rings. The van der Waals surface area contributed by atoms with E-state index in [-0.39, 0.29) is 12.6 Å². The van der Waals surface area contributed by atoms with Gasteiger partial charge >= 0.3 is 14.8 Å². The lowest BCUT2D eigenvalue weighted by molar-refractivity contribution is 0.0619. The van der Waals surface area contributed by atoms with Crippen LogP contribution in [-0.4, -0.2) is 74.2 Å². The maximum atomic E-state index is 11.7. The van der Waals surface area contributed by atoms with Crippen LogP contribution in [0.4, 0.5) is 4.79 Å². The van der Waals surface area contributed by atoms with Gasteiger partial charge in [-0.3, -0.25) is 0 Å². The number of nitrogens with one attached hydrogen (secondary N) is 2. The van der Waals surface area contributed by atoms with Gasteiger partial charge in [-0.1, -0.05) is 5.92 Å². The topological polar surface area (TPSA) is 87.3 Å². The number of hydrogen-bond acceptors (Lipinski definition) is 6. The van der Waals surface area contributed by atoms with E-state index in [1.165, 1.54) is 0 Å². The van der Waals surface area contributed by atoms with E-state index in [4.69, 9.17) is 29.2 Å². The predicted molar refractivity (Wildman–Crippen MR) is 102 cm³/mol. The Hall–Kier alpha value is -1.15. The second-order valence-corrected chi connectivity index (χ2v) is 7.87. The molecule has 0 radical (unpaired) electrons. The number of hydrogen-bond donors (Lipinski definition) is 2. The number of rotatable bonds is 17. The minimum Gasteiger partial charge on any atom is -0.377 e. The Morgan fingerprint density at radius 3 is 2.08 bits per heavy atom. The monoisotopic (exact) mass is 390 g/mol. The van der Waals surface area contributed by atoms with E-state index in [9.17, 15) is 4.79 Å². The van der Waals surface area contributed by atoms with E-state index in [1.54, 1.807) is 0 Å². The van der Waals surface area contributed by atoms with Crippen LogP contribution in [0.1, 0.15) is 27.2 Å². The fourth-order valence-corrected chi connectivity index (χ4v) is 4.77. The first kappa shape index (κ1) is 24.8. The van der Waals surface area contributed by atoms with Gasteiger partial charge in [-0.15, -0.1) is 6.42 Å². The maximum Gasteiger partial charge on any atom is 0.500 e. The summed E-state index contributed by atoms with van der Waals surface area (Å²) in [5, 5.41) is 5.53. The summed E-state index contributed by atoms with van der Waals surface area (Å²) in [5.41, 5.74) is 0. The van der Waals surface area contributed by atoms with Crippen molar-refractivity contribution in [3.8, 4) is 12.3 Å². The van der Waals surface area contributed by atoms with Crippen LogP contribution < -0.4 is 10.6 Å². The number of terminal acetylenes is 1. The number of carbonyl (C=O) groups is 1. The van der Waals surface area contributed by atoms with Crippen molar-refractivity contribution in [1.29, 1.82) is 0 Å². The van der Waals surface area contributed by atoms with E-state index in [2.05, 4.69) is 16.6 Å². The Kier molecular flexibility index (Phi) is 16.5. The van der Waals surface area contributed by atoms with Gasteiger partial charge in [0, 0.05) is 39.0 Å². The summed E-state index contributed by atoms with van der Waals surface area (Å²) in [7, 11) is -2.63. The largest absolute Gasteiger partial charge is 0.500 e. The second-order valence-electron chi connectivity index (χ2n) is 5.14. The van der Waals surface area contributed by atoms with Crippen molar-refractivity contribution in [2.24, 2.45) is 0 Å². The molecule has 0 aliphatic carbocycles. The van der Waals surface area contributed by atoms with Crippen molar-refractivity contribution in [2.45, 2.75) is 33.2 Å². The third-order valence-corrected chi connectivity index (χ3v) is 6.28. The first-order valence-corrected chi connectivity index (χ1v) is 11.1. The molecule has 2 N–H and O–H groups in total. The summed E-state index contributed by atoms with van der Waals surface area (Å²) in [6.07, 6.45) is 5.78. The van der Waals surface area contributed by atoms with Gasteiger partial charge in [-0.2, -0.15) is 0 Å². The van der Waals surface area contributed by atoms with Gasteiger partial charge in [0.05, 0.1) is 19.8 Å². The van der Waals surface area contributed by atoms with Gasteiger partial charge in [0.15, 0.2) is 0 Å². The molecule has 0 saturated heterocycles. The third kappa shape index (κ3) is 13.1. The first-order valence-electron chi connectivity index (χ1n) is 9.16. The molecule has 152 valence electrons. The molecule has 0 aromatic rings. The Morgan fingerprint density at radius 2 is 1.50 bits per heavy atom. The Balaban J connectivity index is 3.80. The van der Waals surface area contributed by atoms with Crippen LogP contribution in [0.3, 0.4) is 0 Å². The summed E-state index contributed by atoms with van der Waals surface area (Å²) in [4.78, 5) is 11.7. The smallest absolute Gasteiger partial charge is 0.377 e. The average molecular weight is 391 g/mol. The van der Waals surface area contributed by atoms with E-state index in [0.717, 1.165) is 6.42 Å². The van der Waals surface area contributed by atoms with Crippen molar-refractivity contribution in [2.75, 3.05) is 59.3 Å². The molecule has 0 aliphatic heterocycles. The van der Waals surface area contributed by atoms with Crippen LogP contribution in [0, 0.1) is 12.3 Å². The normalized spacial score (nSPS) is 11.2. The van der Waals surface area contributed by atoms with Crippen molar-refractivity contribution in [3.05, 3.63) is 0 Å². The minimum absolute atomic E-state index is 0.228. The van der Waals surface area contributed by atoms with Crippen molar-refractivity contribution >= 4 is 14.8 Å². The molecule has 2 amide bonds. The predicted octanol–water partition coefficient (Wildman–Crippen LogP) is 1.39. The molecule has 0 atom stereocenters. The zero-order chi connectivity index (χ0) is 19.5. The molecule has 0 fully saturated rings. The lowest BCUT2D eigenvalue weighted by atomic mass is 10.5. The molecule has 0 aromatic carbocycles. The highest BCUT2D eigenvalue weighted by molar-refractivity contribution is 6.60. The second kappa shape index (κ2) is 17.3. The summed E-state index contributed by atoms with van der Waals surface area (Å²) < 4.78 is 27.7. The number of carbonyl (C=O) groups excluding carboxylic acids is 1. The van der Waals surface area contributed by atoms with Crippen LogP contribution >= 0.6 is 0 Å². The molecule has 0 rings (SSSR count). The third-order valence-electron chi connectivity index (χ3n) is 3.13. The molecule has 9 heteroatoms. The number of urea groups is 1. The van der Waals surface area contributed by atoms with Gasteiger partial charge < -0.3 is 33.4 Å². The molecule has 26 heavy (non-hydrogen) atoms. The summed E-state index contributed by atoms with van der Waals surface area (Å²) in [5.74, 6) is 2.38. The Bertz CT molecular complexity index is 375. The fourth-order valence-electron chi connectivity index (χ4n) is 2.16. The molecular weight excluding hydrogens is 356 g/mol. The highest BCUT2D eigenvalue weighted by Crippen LogP contribution is 2.17. The highest BCUT2D eigenvalue weighted by Gasteiger charge is 2.39. The highest BCUT2D eigenvalue weighted by atomic mass is 28.4. The van der Waals surface area contributed by atoms with Gasteiger partial charge in [0.1, 0.15) is 6.61 Å². The Morgan fingerprint density at radius 1 is 0.923 bits per heavy atom. The molecule has 0 heterocycles. The molecule has 8 nitrogen and oxygen atoms in total. The van der Waals surface area contributed by atoms with Crippen LogP contribution in [0.5, 0.6) is 0 Å². The summed E-state index contributed by atoms with van der Waals surface area (Å²) in [6.45, 7) is 9.97. The molecule has 0 aromatic heterocycles. The summed E-state index contributed by atoms with van der Waals surface area (Å²) in [6, 6.07) is 0.442. The molecule has 0 unspecified atom stereocenters. The van der Waals surface area contributed by atoms with Crippen molar-refractivity contribution < 1.29 is 27.5 Å². The zero-order valence-electron chi connectivity index (χ0n) is 16.3. The molecule has 0 bridgehead atoms. The lowest BCUT2D eigenvalue weighted by Crippen LogP contribution is -2.46. The summed E-state index contributed by atoms with van der Waals surface area (Å²) >= 11 is 0. The van der Waals surface area contributed by atoms with Crippen molar-refractivity contribution in [3.63, 3.8) is 0 Å². The SMILES string of the molecule is C#CCOCCOCCNC(=O)NCCC[Si](OCC)(OCC)OCC. The van der Waals surface area contributed by atoms with E-state index in [1.807, 2.05) is 20.8 Å². The first-order chi connectivity index (χ1) is 12.6. The van der Waals surface area contributed by atoms with Gasteiger partial charge in [0.25, 0.3) is 0 Å². The lowest BCUT2D eigenvalue weighted by Gasteiger charge is -2.28. The fraction of sp³-hybridized carbons (Fsp3) is 0.824. The van der Waals surface area contributed by atoms with Crippen molar-refractivity contribution in [1.82, 2.24) is 10.6 Å². The molecule has 0 saturated carbocycles. The van der Waals surface area contributed by atoms with Crippen LogP contribution in [0.15, 0.2) is 0 Å². The van der Waals surface area contributed by atoms with E-state index < -0.39 is 8.80 Å². The molecular formula is C17H34N2O6Si. The van der Waals surface area contributed by atoms with Gasteiger partial charge in [-0.05, 0) is 27.2 Å². The van der Waals surface area contributed by atoms with Crippen LogP contribution in [-0.2, 0) is 22.8 Å². The van der Waals surface area contributed by atoms with Crippen LogP contribution in [0.25, 0.3) is 0 Å². The van der Waals surface area contributed by atoms with Gasteiger partial charge in [-0.25, -0.2) is 4.79 Å². The Labute approximate surface area is 158 Å². The maximum absolute atomic E-state index is 11.7. The zero-order valence-corrected chi connectivity index (χ0v) is 17.3. The van der Waals surface area contributed by atoms with Crippen LogP contribution in [0.2, 0.25) is 6.04 Å². The molecule has 0 spiro atoms. The van der Waals surface area contributed by atoms with E-state index >= 15 is 0 Å².